The number of hydrogen-bond donors (Lipinski definition) is 1. The van der Waals surface area contributed by atoms with Crippen LogP contribution in [0.25, 0.3) is 0 Å². The van der Waals surface area contributed by atoms with Crippen LogP contribution in [0.2, 0.25) is 5.15 Å². The lowest BCUT2D eigenvalue weighted by Crippen LogP contribution is -2.35. The third-order valence-corrected chi connectivity index (χ3v) is 5.32. The smallest absolute Gasteiger partial charge is 0.272 e. The minimum Gasteiger partial charge on any atom is -0.396 e. The highest BCUT2D eigenvalue weighted by molar-refractivity contribution is 6.29. The number of hydrogen-bond acceptors (Lipinski definition) is 4. The molecule has 1 atom stereocenters. The zero-order valence-electron chi connectivity index (χ0n) is 14.6. The van der Waals surface area contributed by atoms with Crippen LogP contribution in [-0.4, -0.2) is 45.5 Å². The number of pyridine rings is 1. The number of aliphatic hydroxyl groups excluding tert-OH is 1. The van der Waals surface area contributed by atoms with Crippen LogP contribution in [0.1, 0.15) is 36.4 Å². The summed E-state index contributed by atoms with van der Waals surface area (Å²) in [6.07, 6.45) is 6.32. The zero-order valence-corrected chi connectivity index (χ0v) is 15.3. The number of rotatable bonds is 3. The van der Waals surface area contributed by atoms with Gasteiger partial charge in [-0.05, 0) is 18.8 Å². The molecule has 0 bridgehead atoms. The van der Waals surface area contributed by atoms with Gasteiger partial charge >= 0.3 is 0 Å². The molecule has 1 saturated carbocycles. The summed E-state index contributed by atoms with van der Waals surface area (Å²) >= 11 is 6.07. The van der Waals surface area contributed by atoms with Crippen LogP contribution in [0.3, 0.4) is 0 Å². The predicted octanol–water partition coefficient (Wildman–Crippen LogP) is 3.12. The number of anilines is 1. The van der Waals surface area contributed by atoms with E-state index in [0.29, 0.717) is 16.6 Å². The lowest BCUT2D eigenvalue weighted by molar-refractivity contribution is 0.0983. The minimum atomic E-state index is -2.66. The number of nitrogens with zero attached hydrogens (tertiary/aromatic N) is 4. The molecule has 2 aromatic heterocycles. The average molecular weight is 393 g/mol. The molecule has 1 unspecified atom stereocenters. The van der Waals surface area contributed by atoms with Crippen molar-refractivity contribution in [3.8, 4) is 11.8 Å². The predicted molar refractivity (Wildman–Crippen MR) is 98.1 cm³/mol. The van der Waals surface area contributed by atoms with Crippen LogP contribution in [0.5, 0.6) is 0 Å². The summed E-state index contributed by atoms with van der Waals surface area (Å²) in [5, 5.41) is 13.7. The maximum atomic E-state index is 13.2. The molecular formula is C19H19ClF2N4O. The van der Waals surface area contributed by atoms with Gasteiger partial charge in [0, 0.05) is 44.6 Å². The van der Waals surface area contributed by atoms with Crippen molar-refractivity contribution in [2.24, 2.45) is 5.92 Å². The summed E-state index contributed by atoms with van der Waals surface area (Å²) in [5.41, 5.74) is 2.21. The Balaban J connectivity index is 1.54. The van der Waals surface area contributed by atoms with Gasteiger partial charge in [-0.25, -0.2) is 13.8 Å². The van der Waals surface area contributed by atoms with Gasteiger partial charge in [0.2, 0.25) is 0 Å². The van der Waals surface area contributed by atoms with E-state index in [4.69, 9.17) is 11.6 Å². The fourth-order valence-electron chi connectivity index (χ4n) is 3.33. The third-order valence-electron chi connectivity index (χ3n) is 5.12. The highest BCUT2D eigenvalue weighted by Gasteiger charge is 2.59. The van der Waals surface area contributed by atoms with Crippen molar-refractivity contribution < 1.29 is 13.9 Å². The largest absolute Gasteiger partial charge is 0.396 e. The average Bonchev–Trinajstić information content (AvgIpc) is 3.08. The molecular weight excluding hydrogens is 374 g/mol. The first-order chi connectivity index (χ1) is 13.0. The molecule has 8 heteroatoms. The lowest BCUT2D eigenvalue weighted by Gasteiger charge is -2.33. The van der Waals surface area contributed by atoms with Gasteiger partial charge in [-0.15, -0.1) is 0 Å². The molecule has 0 spiro atoms. The molecule has 0 aromatic carbocycles. The molecule has 2 aliphatic rings. The first kappa shape index (κ1) is 18.2. The van der Waals surface area contributed by atoms with Gasteiger partial charge in [0.1, 0.15) is 11.2 Å². The molecule has 5 nitrogen and oxygen atoms in total. The van der Waals surface area contributed by atoms with Gasteiger partial charge in [-0.2, -0.15) is 5.10 Å². The molecule has 1 N–H and O–H groups in total. The fourth-order valence-corrected chi connectivity index (χ4v) is 3.49. The Morgan fingerprint density at radius 3 is 2.67 bits per heavy atom. The molecule has 2 aromatic rings. The molecule has 3 heterocycles. The Labute approximate surface area is 161 Å². The SMILES string of the molecule is OCC1CCN(c2cc(Cl)ncc2C#Cc2cnn(C3CC3(F)F)c2)CC1. The van der Waals surface area contributed by atoms with Gasteiger partial charge in [0.15, 0.2) is 0 Å². The van der Waals surface area contributed by atoms with Gasteiger partial charge in [0.25, 0.3) is 5.92 Å². The first-order valence-corrected chi connectivity index (χ1v) is 9.29. The number of aromatic nitrogens is 3. The summed E-state index contributed by atoms with van der Waals surface area (Å²) in [4.78, 5) is 6.31. The van der Waals surface area contributed by atoms with Crippen LogP contribution in [-0.2, 0) is 0 Å². The monoisotopic (exact) mass is 392 g/mol. The summed E-state index contributed by atoms with van der Waals surface area (Å²) in [6.45, 7) is 1.84. The van der Waals surface area contributed by atoms with Gasteiger partial charge < -0.3 is 10.0 Å². The quantitative estimate of drug-likeness (QED) is 0.644. The number of aliphatic hydroxyl groups is 1. The van der Waals surface area contributed by atoms with E-state index in [2.05, 4.69) is 26.8 Å². The Morgan fingerprint density at radius 2 is 2.00 bits per heavy atom. The maximum Gasteiger partial charge on any atom is 0.272 e. The molecule has 27 heavy (non-hydrogen) atoms. The lowest BCUT2D eigenvalue weighted by atomic mass is 9.97. The van der Waals surface area contributed by atoms with E-state index in [-0.39, 0.29) is 13.0 Å². The Morgan fingerprint density at radius 1 is 1.26 bits per heavy atom. The van der Waals surface area contributed by atoms with Crippen molar-refractivity contribution in [2.45, 2.75) is 31.2 Å². The number of alkyl halides is 2. The molecule has 142 valence electrons. The van der Waals surface area contributed by atoms with Crippen molar-refractivity contribution in [3.63, 3.8) is 0 Å². The highest BCUT2D eigenvalue weighted by Crippen LogP contribution is 2.52. The molecule has 4 rings (SSSR count). The molecule has 1 saturated heterocycles. The van der Waals surface area contributed by atoms with Crippen molar-refractivity contribution in [1.29, 1.82) is 0 Å². The minimum absolute atomic E-state index is 0.170. The summed E-state index contributed by atoms with van der Waals surface area (Å²) in [7, 11) is 0. The van der Waals surface area contributed by atoms with Crippen molar-refractivity contribution >= 4 is 17.3 Å². The van der Waals surface area contributed by atoms with Crippen LogP contribution in [0, 0.1) is 17.8 Å². The second-order valence-corrected chi connectivity index (χ2v) is 7.46. The van der Waals surface area contributed by atoms with E-state index in [1.54, 1.807) is 18.5 Å². The van der Waals surface area contributed by atoms with Crippen molar-refractivity contribution in [2.75, 3.05) is 24.6 Å². The van der Waals surface area contributed by atoms with E-state index in [0.717, 1.165) is 37.2 Å². The summed E-state index contributed by atoms with van der Waals surface area (Å²) in [5.74, 6) is 3.72. The molecule has 0 radical (unpaired) electrons. The standard InChI is InChI=1S/C19H19ClF2N4O/c20-18-7-16(25-5-3-13(12-27)4-6-25)15(10-23-18)2-1-14-9-24-26(11-14)17-8-19(17,21)22/h7,9-11,13,17,27H,3-6,8,12H2. The molecule has 1 aliphatic carbocycles. The molecule has 1 aliphatic heterocycles. The van der Waals surface area contributed by atoms with Gasteiger partial charge in [-0.3, -0.25) is 4.68 Å². The second-order valence-electron chi connectivity index (χ2n) is 7.08. The van der Waals surface area contributed by atoms with E-state index < -0.39 is 12.0 Å². The normalized spacial score (nSPS) is 21.6. The third kappa shape index (κ3) is 3.92. The van der Waals surface area contributed by atoms with E-state index >= 15 is 0 Å². The Hall–Kier alpha value is -2.17. The summed E-state index contributed by atoms with van der Waals surface area (Å²) < 4.78 is 27.6. The fraction of sp³-hybridized carbons (Fsp3) is 0.474. The van der Waals surface area contributed by atoms with E-state index in [1.165, 1.54) is 10.9 Å². The summed E-state index contributed by atoms with van der Waals surface area (Å²) in [6, 6.07) is 0.938. The van der Waals surface area contributed by atoms with Crippen LogP contribution < -0.4 is 4.90 Å². The highest BCUT2D eigenvalue weighted by atomic mass is 35.5. The van der Waals surface area contributed by atoms with E-state index in [9.17, 15) is 13.9 Å². The molecule has 2 fully saturated rings. The maximum absolute atomic E-state index is 13.2. The number of piperidine rings is 1. The molecule has 0 amide bonds. The zero-order chi connectivity index (χ0) is 19.0. The second kappa shape index (κ2) is 7.10. The van der Waals surface area contributed by atoms with Crippen LogP contribution >= 0.6 is 11.6 Å². The van der Waals surface area contributed by atoms with Gasteiger partial charge in [-0.1, -0.05) is 23.4 Å². The van der Waals surface area contributed by atoms with Gasteiger partial charge in [0.05, 0.1) is 23.0 Å². The Kier molecular flexibility index (Phi) is 4.79. The van der Waals surface area contributed by atoms with Crippen LogP contribution in [0.4, 0.5) is 14.5 Å². The number of halogens is 3. The first-order valence-electron chi connectivity index (χ1n) is 8.91. The van der Waals surface area contributed by atoms with Crippen molar-refractivity contribution in [3.05, 3.63) is 40.9 Å². The topological polar surface area (TPSA) is 54.2 Å². The van der Waals surface area contributed by atoms with Crippen LogP contribution in [0.15, 0.2) is 24.7 Å². The van der Waals surface area contributed by atoms with Crippen molar-refractivity contribution in [1.82, 2.24) is 14.8 Å². The Bertz CT molecular complexity index is 897. The van der Waals surface area contributed by atoms with E-state index in [1.807, 2.05) is 0 Å².